The average molecular weight is 543 g/mol. The summed E-state index contributed by atoms with van der Waals surface area (Å²) in [6.45, 7) is 6.28. The normalized spacial score (nSPS) is 19.7. The van der Waals surface area contributed by atoms with Crippen LogP contribution in [-0.2, 0) is 24.0 Å². The topological polar surface area (TPSA) is 114 Å². The molecule has 2 aliphatic rings. The van der Waals surface area contributed by atoms with Gasteiger partial charge < -0.3 is 10.5 Å². The third-order valence-corrected chi connectivity index (χ3v) is 7.21. The Morgan fingerprint density at radius 1 is 1.08 bits per heavy atom. The quantitative estimate of drug-likeness (QED) is 0.380. The van der Waals surface area contributed by atoms with E-state index in [0.717, 1.165) is 44.1 Å². The minimum Gasteiger partial charge on any atom is -0.350 e. The van der Waals surface area contributed by atoms with Crippen LogP contribution < -0.4 is 11.2 Å². The molecule has 3 atom stereocenters. The molecule has 216 valence electrons. The van der Waals surface area contributed by atoms with Crippen molar-refractivity contribution in [1.82, 2.24) is 15.5 Å². The Balaban J connectivity index is 1.95. The van der Waals surface area contributed by atoms with E-state index in [1.165, 1.54) is 10.0 Å². The first-order valence-corrected chi connectivity index (χ1v) is 14.5. The summed E-state index contributed by atoms with van der Waals surface area (Å²) in [7, 11) is 0. The Hall–Kier alpha value is -2.75. The summed E-state index contributed by atoms with van der Waals surface area (Å²) in [4.78, 5) is 46.8. The van der Waals surface area contributed by atoms with E-state index in [0.29, 0.717) is 19.4 Å². The molecule has 2 fully saturated rings. The van der Waals surface area contributed by atoms with Crippen LogP contribution in [0.3, 0.4) is 0 Å². The highest BCUT2D eigenvalue weighted by molar-refractivity contribution is 5.90. The number of ether oxygens (including phenoxy) is 1. The fraction of sp³-hybridized carbons (Fsp3) is 0.633. The van der Waals surface area contributed by atoms with Gasteiger partial charge in [0.2, 0.25) is 5.91 Å². The Bertz CT molecular complexity index is 940. The van der Waals surface area contributed by atoms with Gasteiger partial charge in [-0.05, 0) is 56.9 Å². The van der Waals surface area contributed by atoms with Gasteiger partial charge in [0, 0.05) is 19.4 Å². The van der Waals surface area contributed by atoms with Crippen molar-refractivity contribution in [3.8, 4) is 0 Å². The largest absolute Gasteiger partial charge is 0.350 e. The maximum Gasteiger partial charge on any atom is 0.268 e. The minimum atomic E-state index is -1.00. The first kappa shape index (κ1) is 30.8. The molecule has 0 aromatic heterocycles. The lowest BCUT2D eigenvalue weighted by molar-refractivity contribution is -0.207. The Kier molecular flexibility index (Phi) is 12.4. The lowest BCUT2D eigenvalue weighted by Crippen LogP contribution is -2.63. The van der Waals surface area contributed by atoms with Crippen LogP contribution >= 0.6 is 0 Å². The highest BCUT2D eigenvalue weighted by atomic mass is 16.8. The summed E-state index contributed by atoms with van der Waals surface area (Å²) < 4.78 is 5.61. The van der Waals surface area contributed by atoms with E-state index < -0.39 is 24.3 Å². The Labute approximate surface area is 233 Å². The number of rotatable bonds is 12. The molecule has 1 saturated heterocycles. The van der Waals surface area contributed by atoms with Crippen molar-refractivity contribution in [2.24, 2.45) is 11.7 Å². The van der Waals surface area contributed by atoms with Crippen LogP contribution in [0.15, 0.2) is 36.4 Å². The molecule has 1 aliphatic carbocycles. The van der Waals surface area contributed by atoms with Gasteiger partial charge in [-0.25, -0.2) is 20.3 Å². The van der Waals surface area contributed by atoms with E-state index in [1.807, 2.05) is 56.3 Å². The smallest absolute Gasteiger partial charge is 0.268 e. The van der Waals surface area contributed by atoms with Crippen LogP contribution in [-0.4, -0.2) is 58.8 Å². The van der Waals surface area contributed by atoms with E-state index in [2.05, 4.69) is 5.48 Å². The Morgan fingerprint density at radius 3 is 2.38 bits per heavy atom. The predicted octanol–water partition coefficient (Wildman–Crippen LogP) is 4.33. The van der Waals surface area contributed by atoms with Crippen molar-refractivity contribution < 1.29 is 24.0 Å². The number of hydroxylamine groups is 1. The van der Waals surface area contributed by atoms with Gasteiger partial charge in [0.25, 0.3) is 11.8 Å². The maximum atomic E-state index is 13.9. The first-order chi connectivity index (χ1) is 18.8. The zero-order valence-electron chi connectivity index (χ0n) is 23.7. The van der Waals surface area contributed by atoms with Crippen LogP contribution in [0.4, 0.5) is 0 Å². The minimum absolute atomic E-state index is 0.192. The highest BCUT2D eigenvalue weighted by Gasteiger charge is 2.41. The molecule has 0 bridgehead atoms. The second-order valence-corrected chi connectivity index (χ2v) is 11.0. The van der Waals surface area contributed by atoms with E-state index in [-0.39, 0.29) is 36.6 Å². The van der Waals surface area contributed by atoms with Crippen molar-refractivity contribution in [3.63, 3.8) is 0 Å². The SMILES string of the molecule is CC(C)CCC(=O)N([C@@H](CC=Cc1ccccc1)C(=O)NOC1CCCCO1)N(C(=O)[C@@H](C)N)C1CCCC1. The summed E-state index contributed by atoms with van der Waals surface area (Å²) in [5.41, 5.74) is 9.61. The molecule has 9 heteroatoms. The second-order valence-electron chi connectivity index (χ2n) is 11.0. The van der Waals surface area contributed by atoms with Crippen molar-refractivity contribution in [1.29, 1.82) is 0 Å². The van der Waals surface area contributed by atoms with Gasteiger partial charge in [0.05, 0.1) is 12.1 Å². The number of nitrogens with one attached hydrogen (secondary N) is 1. The molecule has 3 rings (SSSR count). The number of nitrogens with two attached hydrogens (primary N) is 1. The molecule has 9 nitrogen and oxygen atoms in total. The standard InChI is InChI=1S/C30H46N4O5/c1-22(2)19-20-27(35)34(33(30(37)23(3)31)25-15-7-8-16-25)26(17-11-14-24-12-5-4-6-13-24)29(36)32-39-28-18-9-10-21-38-28/h4-6,11-14,22-23,25-26,28H,7-10,15-21,31H2,1-3H3,(H,32,36)/t23-,26+,28?/m1/s1. The van der Waals surface area contributed by atoms with Crippen LogP contribution in [0, 0.1) is 5.92 Å². The molecule has 1 heterocycles. The number of nitrogens with zero attached hydrogens (tertiary/aromatic N) is 2. The van der Waals surface area contributed by atoms with Crippen LogP contribution in [0.5, 0.6) is 0 Å². The van der Waals surface area contributed by atoms with Gasteiger partial charge >= 0.3 is 0 Å². The van der Waals surface area contributed by atoms with Gasteiger partial charge in [-0.2, -0.15) is 0 Å². The third kappa shape index (κ3) is 9.44. The van der Waals surface area contributed by atoms with Crippen molar-refractivity contribution >= 4 is 23.8 Å². The summed E-state index contributed by atoms with van der Waals surface area (Å²) >= 11 is 0. The zero-order chi connectivity index (χ0) is 28.2. The monoisotopic (exact) mass is 542 g/mol. The van der Waals surface area contributed by atoms with Crippen LogP contribution in [0.25, 0.3) is 6.08 Å². The number of hydrogen-bond acceptors (Lipinski definition) is 6. The molecule has 1 aliphatic heterocycles. The number of hydrazine groups is 1. The lowest BCUT2D eigenvalue weighted by atomic mass is 10.1. The van der Waals surface area contributed by atoms with E-state index in [1.54, 1.807) is 6.92 Å². The average Bonchev–Trinajstić information content (AvgIpc) is 3.47. The van der Waals surface area contributed by atoms with Gasteiger partial charge in [-0.3, -0.25) is 14.4 Å². The van der Waals surface area contributed by atoms with Gasteiger partial charge in [0.15, 0.2) is 6.29 Å². The van der Waals surface area contributed by atoms with Gasteiger partial charge in [-0.1, -0.05) is 69.2 Å². The summed E-state index contributed by atoms with van der Waals surface area (Å²) in [6, 6.07) is 7.72. The van der Waals surface area contributed by atoms with E-state index in [9.17, 15) is 14.4 Å². The number of hydrogen-bond donors (Lipinski definition) is 2. The molecule has 1 saturated carbocycles. The fourth-order valence-corrected chi connectivity index (χ4v) is 5.00. The second kappa shape index (κ2) is 15.7. The molecule has 3 amide bonds. The van der Waals surface area contributed by atoms with Crippen molar-refractivity contribution in [2.75, 3.05) is 6.61 Å². The molecule has 1 unspecified atom stereocenters. The molecular formula is C30H46N4O5. The van der Waals surface area contributed by atoms with E-state index >= 15 is 0 Å². The number of carbonyl (C=O) groups excluding carboxylic acids is 3. The molecular weight excluding hydrogens is 496 g/mol. The van der Waals surface area contributed by atoms with Gasteiger partial charge in [-0.15, -0.1) is 0 Å². The third-order valence-electron chi connectivity index (χ3n) is 7.21. The lowest BCUT2D eigenvalue weighted by Gasteiger charge is -2.43. The number of benzene rings is 1. The maximum absolute atomic E-state index is 13.9. The van der Waals surface area contributed by atoms with Crippen LogP contribution in [0.2, 0.25) is 0 Å². The number of amides is 3. The molecule has 0 radical (unpaired) electrons. The highest BCUT2D eigenvalue weighted by Crippen LogP contribution is 2.28. The van der Waals surface area contributed by atoms with Crippen molar-refractivity contribution in [2.45, 2.75) is 109 Å². The van der Waals surface area contributed by atoms with E-state index in [4.69, 9.17) is 15.3 Å². The molecule has 1 aromatic carbocycles. The molecule has 39 heavy (non-hydrogen) atoms. The van der Waals surface area contributed by atoms with Gasteiger partial charge in [0.1, 0.15) is 6.04 Å². The summed E-state index contributed by atoms with van der Waals surface area (Å²) in [6.07, 6.45) is 10.3. The number of carbonyl (C=O) groups is 3. The summed E-state index contributed by atoms with van der Waals surface area (Å²) in [5, 5.41) is 2.89. The molecule has 1 aromatic rings. The molecule has 3 N–H and O–H groups in total. The van der Waals surface area contributed by atoms with Crippen LogP contribution in [0.1, 0.15) is 90.5 Å². The Morgan fingerprint density at radius 2 is 1.77 bits per heavy atom. The zero-order valence-corrected chi connectivity index (χ0v) is 23.7. The first-order valence-electron chi connectivity index (χ1n) is 14.5. The van der Waals surface area contributed by atoms with Crippen molar-refractivity contribution in [3.05, 3.63) is 42.0 Å². The molecule has 0 spiro atoms. The fourth-order valence-electron chi connectivity index (χ4n) is 5.00. The summed E-state index contributed by atoms with van der Waals surface area (Å²) in [5.74, 6) is -0.843. The predicted molar refractivity (Wildman–Crippen MR) is 150 cm³/mol.